The number of nitrogens with zero attached hydrogens (tertiary/aromatic N) is 5. The number of anilines is 2. The maximum atomic E-state index is 12.5. The van der Waals surface area contributed by atoms with Gasteiger partial charge >= 0.3 is 6.01 Å². The van der Waals surface area contributed by atoms with Crippen molar-refractivity contribution in [1.82, 2.24) is 19.9 Å². The largest absolute Gasteiger partial charge is 0.493 e. The van der Waals surface area contributed by atoms with Crippen LogP contribution in [-0.2, 0) is 0 Å². The van der Waals surface area contributed by atoms with E-state index in [1.165, 1.54) is 0 Å². The van der Waals surface area contributed by atoms with Crippen LogP contribution in [0, 0.1) is 0 Å². The highest BCUT2D eigenvalue weighted by molar-refractivity contribution is 5.94. The van der Waals surface area contributed by atoms with E-state index in [-0.39, 0.29) is 17.8 Å². The number of carbonyl (C=O) groups excluding carboxylic acids is 1. The Morgan fingerprint density at radius 1 is 0.970 bits per heavy atom. The molecule has 0 radical (unpaired) electrons. The minimum atomic E-state index is -0.152. The zero-order valence-corrected chi connectivity index (χ0v) is 18.2. The molecule has 8 heteroatoms. The van der Waals surface area contributed by atoms with Crippen LogP contribution in [0.15, 0.2) is 67.0 Å². The van der Waals surface area contributed by atoms with Gasteiger partial charge in [-0.3, -0.25) is 9.78 Å². The first kappa shape index (κ1) is 20.7. The molecule has 1 aliphatic rings. The molecule has 0 spiro atoms. The summed E-state index contributed by atoms with van der Waals surface area (Å²) in [5, 5.41) is 10.6. The van der Waals surface area contributed by atoms with Crippen LogP contribution in [0.4, 0.5) is 11.4 Å². The van der Waals surface area contributed by atoms with E-state index in [9.17, 15) is 9.90 Å². The Bertz CT molecular complexity index is 1290. The van der Waals surface area contributed by atoms with Gasteiger partial charge in [-0.15, -0.1) is 0 Å². The van der Waals surface area contributed by atoms with E-state index in [1.807, 2.05) is 65.4 Å². The predicted molar refractivity (Wildman–Crippen MR) is 125 cm³/mol. The second-order valence-corrected chi connectivity index (χ2v) is 7.92. The first-order valence-electron chi connectivity index (χ1n) is 10.8. The van der Waals surface area contributed by atoms with Crippen LogP contribution >= 0.6 is 0 Å². The molecular formula is C25H23N5O3. The molecule has 2 aromatic heterocycles. The Hall–Kier alpha value is -4.20. The third kappa shape index (κ3) is 4.27. The lowest BCUT2D eigenvalue weighted by atomic mass is 10.1. The zero-order chi connectivity index (χ0) is 22.8. The number of rotatable bonds is 5. The van der Waals surface area contributed by atoms with Crippen molar-refractivity contribution in [2.45, 2.75) is 12.8 Å². The molecule has 2 aromatic carbocycles. The van der Waals surface area contributed by atoms with Crippen molar-refractivity contribution < 1.29 is 14.6 Å². The number of hydrogen-bond acceptors (Lipinski definition) is 7. The first-order valence-corrected chi connectivity index (χ1v) is 10.8. The topological polar surface area (TPSA) is 91.7 Å². The summed E-state index contributed by atoms with van der Waals surface area (Å²) >= 11 is 0. The quantitative estimate of drug-likeness (QED) is 0.487. The van der Waals surface area contributed by atoms with E-state index in [2.05, 4.69) is 15.0 Å². The summed E-state index contributed by atoms with van der Waals surface area (Å²) in [6, 6.07) is 16.8. The van der Waals surface area contributed by atoms with Crippen LogP contribution in [0.1, 0.15) is 23.2 Å². The first-order chi connectivity index (χ1) is 16.1. The lowest BCUT2D eigenvalue weighted by Crippen LogP contribution is -2.27. The number of aromatic nitrogens is 3. The molecule has 0 unspecified atom stereocenters. The zero-order valence-electron chi connectivity index (χ0n) is 18.2. The van der Waals surface area contributed by atoms with Crippen LogP contribution in [-0.4, -0.2) is 51.0 Å². The smallest absolute Gasteiger partial charge is 0.325 e. The summed E-state index contributed by atoms with van der Waals surface area (Å²) < 4.78 is 5.73. The van der Waals surface area contributed by atoms with Crippen LogP contribution in [0.2, 0.25) is 0 Å². The molecule has 0 atom stereocenters. The number of fused-ring (bicyclic) bond motifs is 1. The maximum Gasteiger partial charge on any atom is 0.325 e. The molecule has 3 heterocycles. The average Bonchev–Trinajstić information content (AvgIpc) is 3.39. The number of pyridine rings is 1. The van der Waals surface area contributed by atoms with Crippen LogP contribution in [0.25, 0.3) is 10.9 Å². The fourth-order valence-electron chi connectivity index (χ4n) is 3.91. The predicted octanol–water partition coefficient (Wildman–Crippen LogP) is 4.53. The van der Waals surface area contributed by atoms with E-state index in [0.29, 0.717) is 22.2 Å². The number of ether oxygens (including phenoxy) is 1. The summed E-state index contributed by atoms with van der Waals surface area (Å²) in [5.74, 6) is 0.489. The summed E-state index contributed by atoms with van der Waals surface area (Å²) in [6.45, 7) is 1.69. The number of likely N-dealkylation sites (tertiary alicyclic amines) is 1. The number of amides is 1. The van der Waals surface area contributed by atoms with E-state index in [1.54, 1.807) is 18.5 Å². The summed E-state index contributed by atoms with van der Waals surface area (Å²) in [4.78, 5) is 28.8. The van der Waals surface area contributed by atoms with E-state index < -0.39 is 0 Å². The molecule has 1 N–H and O–H groups in total. The number of hydrogen-bond donors (Lipinski definition) is 1. The lowest BCUT2D eigenvalue weighted by Gasteiger charge is -2.21. The van der Waals surface area contributed by atoms with Gasteiger partial charge in [0.25, 0.3) is 5.91 Å². The van der Waals surface area contributed by atoms with E-state index >= 15 is 0 Å². The Balaban J connectivity index is 1.28. The van der Waals surface area contributed by atoms with Gasteiger partial charge in [0.05, 0.1) is 17.1 Å². The van der Waals surface area contributed by atoms with Crippen molar-refractivity contribution in [3.8, 4) is 17.6 Å². The molecule has 5 rings (SSSR count). The minimum absolute atomic E-state index is 0.0485. The molecular weight excluding hydrogens is 418 g/mol. The summed E-state index contributed by atoms with van der Waals surface area (Å²) in [5.41, 5.74) is 3.14. The van der Waals surface area contributed by atoms with Gasteiger partial charge < -0.3 is 19.6 Å². The molecule has 1 aliphatic heterocycles. The highest BCUT2D eigenvalue weighted by atomic mass is 16.5. The van der Waals surface area contributed by atoms with Gasteiger partial charge in [-0.1, -0.05) is 0 Å². The normalized spacial score (nSPS) is 13.3. The third-order valence-corrected chi connectivity index (χ3v) is 5.79. The molecule has 1 saturated heterocycles. The summed E-state index contributed by atoms with van der Waals surface area (Å²) in [7, 11) is 1.96. The molecule has 0 bridgehead atoms. The van der Waals surface area contributed by atoms with Gasteiger partial charge in [0.1, 0.15) is 5.75 Å². The van der Waals surface area contributed by atoms with Crippen molar-refractivity contribution in [2.75, 3.05) is 25.0 Å². The highest BCUT2D eigenvalue weighted by Gasteiger charge is 2.19. The molecule has 1 amide bonds. The second-order valence-electron chi connectivity index (χ2n) is 7.92. The van der Waals surface area contributed by atoms with E-state index in [4.69, 9.17) is 4.74 Å². The average molecular weight is 441 g/mol. The Kier molecular flexibility index (Phi) is 5.48. The van der Waals surface area contributed by atoms with Crippen molar-refractivity contribution in [2.24, 2.45) is 0 Å². The van der Waals surface area contributed by atoms with E-state index in [0.717, 1.165) is 37.3 Å². The second kappa shape index (κ2) is 8.74. The third-order valence-electron chi connectivity index (χ3n) is 5.79. The maximum absolute atomic E-state index is 12.5. The number of benzene rings is 2. The molecule has 4 aromatic rings. The Morgan fingerprint density at radius 3 is 2.33 bits per heavy atom. The van der Waals surface area contributed by atoms with Crippen molar-refractivity contribution in [3.05, 3.63) is 72.6 Å². The molecule has 0 aliphatic carbocycles. The highest BCUT2D eigenvalue weighted by Crippen LogP contribution is 2.29. The van der Waals surface area contributed by atoms with Gasteiger partial charge in [-0.2, -0.15) is 9.97 Å². The molecule has 166 valence electrons. The van der Waals surface area contributed by atoms with Crippen molar-refractivity contribution in [1.29, 1.82) is 0 Å². The van der Waals surface area contributed by atoms with Crippen molar-refractivity contribution in [3.63, 3.8) is 0 Å². The standard InChI is InChI=1S/C25H23N5O3/c1-29(18-6-4-17(5-7-18)24(32)30-14-2-3-15-30)19-8-10-20(11-9-19)33-25-27-22-16-26-13-12-21(22)23(31)28-25/h4-13,16H,2-3,14-15H2,1H3,(H,27,28,31). The van der Waals surface area contributed by atoms with Gasteiger partial charge in [-0.25, -0.2) is 0 Å². The fourth-order valence-corrected chi connectivity index (χ4v) is 3.91. The Labute approximate surface area is 191 Å². The molecule has 33 heavy (non-hydrogen) atoms. The molecule has 1 fully saturated rings. The van der Waals surface area contributed by atoms with Crippen LogP contribution in [0.5, 0.6) is 17.6 Å². The van der Waals surface area contributed by atoms with Gasteiger partial charge in [-0.05, 0) is 67.4 Å². The monoisotopic (exact) mass is 441 g/mol. The van der Waals surface area contributed by atoms with Crippen LogP contribution in [0.3, 0.4) is 0 Å². The van der Waals surface area contributed by atoms with Gasteiger partial charge in [0.2, 0.25) is 5.88 Å². The minimum Gasteiger partial charge on any atom is -0.493 e. The van der Waals surface area contributed by atoms with Gasteiger partial charge in [0, 0.05) is 43.3 Å². The number of aromatic hydroxyl groups is 1. The SMILES string of the molecule is CN(c1ccc(Oc2nc(O)c3ccncc3n2)cc1)c1ccc(C(=O)N2CCCC2)cc1. The van der Waals surface area contributed by atoms with Crippen molar-refractivity contribution >= 4 is 28.2 Å². The number of carbonyl (C=O) groups is 1. The fraction of sp³-hybridized carbons (Fsp3) is 0.200. The van der Waals surface area contributed by atoms with Gasteiger partial charge in [0.15, 0.2) is 0 Å². The summed E-state index contributed by atoms with van der Waals surface area (Å²) in [6.07, 6.45) is 5.28. The van der Waals surface area contributed by atoms with Crippen LogP contribution < -0.4 is 9.64 Å². The Morgan fingerprint density at radius 2 is 1.64 bits per heavy atom. The molecule has 0 saturated carbocycles. The lowest BCUT2D eigenvalue weighted by molar-refractivity contribution is 0.0793. The molecule has 8 nitrogen and oxygen atoms in total.